The molecule has 6 heteroatoms. The van der Waals surface area contributed by atoms with Gasteiger partial charge in [0.2, 0.25) is 0 Å². The van der Waals surface area contributed by atoms with Gasteiger partial charge in [0.15, 0.2) is 17.6 Å². The van der Waals surface area contributed by atoms with E-state index < -0.39 is 6.10 Å². The third-order valence-electron chi connectivity index (χ3n) is 3.73. The summed E-state index contributed by atoms with van der Waals surface area (Å²) in [4.78, 5) is 17.7. The van der Waals surface area contributed by atoms with Crippen LogP contribution in [-0.4, -0.2) is 42.6 Å². The maximum absolute atomic E-state index is 12.0. The Labute approximate surface area is 159 Å². The van der Waals surface area contributed by atoms with Crippen LogP contribution in [-0.2, 0) is 4.79 Å². The summed E-state index contributed by atoms with van der Waals surface area (Å²) in [6.07, 6.45) is 2.75. The number of pyridine rings is 1. The molecule has 2 rings (SSSR count). The fraction of sp³-hybridized carbons (Fsp3) is 0.286. The van der Waals surface area contributed by atoms with Gasteiger partial charge in [-0.3, -0.25) is 9.78 Å². The van der Waals surface area contributed by atoms with Gasteiger partial charge >= 0.3 is 0 Å². The van der Waals surface area contributed by atoms with Crippen LogP contribution in [0.1, 0.15) is 25.1 Å². The normalized spacial score (nSPS) is 12.0. The number of carbonyl (C=O) groups excluding carboxylic acids is 1. The maximum Gasteiger partial charge on any atom is 0.262 e. The smallest absolute Gasteiger partial charge is 0.262 e. The molecule has 0 spiro atoms. The molecule has 1 unspecified atom stereocenters. The van der Waals surface area contributed by atoms with E-state index in [-0.39, 0.29) is 5.91 Å². The van der Waals surface area contributed by atoms with Crippen molar-refractivity contribution in [1.29, 1.82) is 5.26 Å². The minimum Gasteiger partial charge on any atom is -0.490 e. The number of nitrogens with zero attached hydrogens (tertiary/aromatic N) is 3. The van der Waals surface area contributed by atoms with Crippen LogP contribution in [0.25, 0.3) is 11.6 Å². The monoisotopic (exact) mass is 365 g/mol. The van der Waals surface area contributed by atoms with Gasteiger partial charge in [-0.15, -0.1) is 0 Å². The van der Waals surface area contributed by atoms with Crippen molar-refractivity contribution in [2.75, 3.05) is 20.7 Å². The first kappa shape index (κ1) is 20.0. The molecule has 0 saturated carbocycles. The molecule has 1 amide bonds. The van der Waals surface area contributed by atoms with Gasteiger partial charge in [0.25, 0.3) is 5.91 Å². The number of ether oxygens (including phenoxy) is 2. The molecular formula is C21H23N3O3. The van der Waals surface area contributed by atoms with Crippen molar-refractivity contribution >= 4 is 17.6 Å². The first-order valence-corrected chi connectivity index (χ1v) is 8.64. The first-order chi connectivity index (χ1) is 13.0. The summed E-state index contributed by atoms with van der Waals surface area (Å²) in [6, 6.07) is 12.9. The Balaban J connectivity index is 2.33. The number of amides is 1. The molecule has 27 heavy (non-hydrogen) atoms. The number of rotatable bonds is 7. The Morgan fingerprint density at radius 2 is 2.07 bits per heavy atom. The zero-order valence-electron chi connectivity index (χ0n) is 16.0. The molecule has 0 aliphatic rings. The Morgan fingerprint density at radius 3 is 2.67 bits per heavy atom. The third kappa shape index (κ3) is 5.32. The molecule has 0 aliphatic heterocycles. The Morgan fingerprint density at radius 1 is 1.30 bits per heavy atom. The average molecular weight is 365 g/mol. The number of benzene rings is 1. The zero-order valence-corrected chi connectivity index (χ0v) is 16.0. The standard InChI is InChI=1S/C21H23N3O3/c1-5-26-20-13-16(12-17(14-22)18-8-6-7-11-23-18)9-10-19(20)27-15(2)21(25)24(3)4/h6-13,15H,5H2,1-4H3/b17-12+. The highest BCUT2D eigenvalue weighted by molar-refractivity contribution is 5.88. The second-order valence-electron chi connectivity index (χ2n) is 6.02. The topological polar surface area (TPSA) is 75.5 Å². The van der Waals surface area contributed by atoms with Crippen LogP contribution in [0.4, 0.5) is 0 Å². The van der Waals surface area contributed by atoms with Crippen LogP contribution in [0.3, 0.4) is 0 Å². The van der Waals surface area contributed by atoms with Crippen LogP contribution in [0.15, 0.2) is 42.6 Å². The van der Waals surface area contributed by atoms with Crippen molar-refractivity contribution in [3.8, 4) is 17.6 Å². The third-order valence-corrected chi connectivity index (χ3v) is 3.73. The van der Waals surface area contributed by atoms with E-state index in [9.17, 15) is 10.1 Å². The highest BCUT2D eigenvalue weighted by Crippen LogP contribution is 2.31. The summed E-state index contributed by atoms with van der Waals surface area (Å²) in [7, 11) is 3.36. The number of hydrogen-bond donors (Lipinski definition) is 0. The number of likely N-dealkylation sites (N-methyl/N-ethyl adjacent to an activating group) is 1. The predicted molar refractivity (Wildman–Crippen MR) is 104 cm³/mol. The molecule has 0 aliphatic carbocycles. The number of hydrogen-bond acceptors (Lipinski definition) is 5. The predicted octanol–water partition coefficient (Wildman–Crippen LogP) is 3.40. The SMILES string of the molecule is CCOc1cc(/C=C(\C#N)c2ccccn2)ccc1OC(C)C(=O)N(C)C. The summed E-state index contributed by atoms with van der Waals surface area (Å²) in [5, 5.41) is 9.44. The lowest BCUT2D eigenvalue weighted by atomic mass is 10.1. The van der Waals surface area contributed by atoms with Crippen molar-refractivity contribution < 1.29 is 14.3 Å². The summed E-state index contributed by atoms with van der Waals surface area (Å²) >= 11 is 0. The lowest BCUT2D eigenvalue weighted by Gasteiger charge is -2.20. The fourth-order valence-electron chi connectivity index (χ4n) is 2.44. The first-order valence-electron chi connectivity index (χ1n) is 8.64. The summed E-state index contributed by atoms with van der Waals surface area (Å²) < 4.78 is 11.4. The van der Waals surface area contributed by atoms with Crippen molar-refractivity contribution in [3.63, 3.8) is 0 Å². The van der Waals surface area contributed by atoms with Crippen LogP contribution in [0.5, 0.6) is 11.5 Å². The Bertz CT molecular complexity index is 855. The van der Waals surface area contributed by atoms with E-state index in [1.807, 2.05) is 19.1 Å². The van der Waals surface area contributed by atoms with Crippen LogP contribution in [0, 0.1) is 11.3 Å². The van der Waals surface area contributed by atoms with Crippen molar-refractivity contribution in [2.24, 2.45) is 0 Å². The molecule has 1 aromatic heterocycles. The van der Waals surface area contributed by atoms with E-state index in [4.69, 9.17) is 9.47 Å². The number of nitriles is 1. The van der Waals surface area contributed by atoms with E-state index in [0.29, 0.717) is 29.4 Å². The van der Waals surface area contributed by atoms with Gasteiger partial charge < -0.3 is 14.4 Å². The highest BCUT2D eigenvalue weighted by Gasteiger charge is 2.18. The van der Waals surface area contributed by atoms with E-state index in [1.54, 1.807) is 57.6 Å². The van der Waals surface area contributed by atoms with Gasteiger partial charge in [-0.2, -0.15) is 5.26 Å². The number of allylic oxidation sites excluding steroid dienone is 1. The maximum atomic E-state index is 12.0. The summed E-state index contributed by atoms with van der Waals surface area (Å²) in [5.74, 6) is 0.861. The van der Waals surface area contributed by atoms with Gasteiger partial charge in [-0.25, -0.2) is 0 Å². The van der Waals surface area contributed by atoms with Gasteiger partial charge in [0, 0.05) is 20.3 Å². The molecule has 1 heterocycles. The summed E-state index contributed by atoms with van der Waals surface area (Å²) in [6.45, 7) is 4.01. The van der Waals surface area contributed by atoms with Crippen LogP contribution in [0.2, 0.25) is 0 Å². The molecule has 0 N–H and O–H groups in total. The van der Waals surface area contributed by atoms with Gasteiger partial charge in [0.05, 0.1) is 17.9 Å². The quantitative estimate of drug-likeness (QED) is 0.703. The Kier molecular flexibility index (Phi) is 6.95. The molecule has 0 bridgehead atoms. The average Bonchev–Trinajstić information content (AvgIpc) is 2.68. The lowest BCUT2D eigenvalue weighted by Crippen LogP contribution is -2.35. The highest BCUT2D eigenvalue weighted by atomic mass is 16.5. The number of aromatic nitrogens is 1. The number of carbonyl (C=O) groups is 1. The molecule has 1 aromatic carbocycles. The molecule has 0 radical (unpaired) electrons. The second-order valence-corrected chi connectivity index (χ2v) is 6.02. The minimum absolute atomic E-state index is 0.136. The van der Waals surface area contributed by atoms with Crippen molar-refractivity contribution in [1.82, 2.24) is 9.88 Å². The molecule has 1 atom stereocenters. The minimum atomic E-state index is -0.635. The molecular weight excluding hydrogens is 342 g/mol. The fourth-order valence-corrected chi connectivity index (χ4v) is 2.44. The van der Waals surface area contributed by atoms with Gasteiger partial charge in [-0.1, -0.05) is 12.1 Å². The van der Waals surface area contributed by atoms with E-state index in [0.717, 1.165) is 5.56 Å². The molecule has 6 nitrogen and oxygen atoms in total. The second kappa shape index (κ2) is 9.39. The van der Waals surface area contributed by atoms with Gasteiger partial charge in [-0.05, 0) is 49.8 Å². The van der Waals surface area contributed by atoms with Crippen molar-refractivity contribution in [2.45, 2.75) is 20.0 Å². The molecule has 2 aromatic rings. The van der Waals surface area contributed by atoms with E-state index in [1.165, 1.54) is 4.90 Å². The van der Waals surface area contributed by atoms with E-state index >= 15 is 0 Å². The van der Waals surface area contributed by atoms with Crippen molar-refractivity contribution in [3.05, 3.63) is 53.9 Å². The molecule has 0 fully saturated rings. The Hall–Kier alpha value is -3.33. The molecule has 140 valence electrons. The zero-order chi connectivity index (χ0) is 19.8. The molecule has 0 saturated heterocycles. The summed E-state index contributed by atoms with van der Waals surface area (Å²) in [5.41, 5.74) is 1.82. The lowest BCUT2D eigenvalue weighted by molar-refractivity contribution is -0.135. The van der Waals surface area contributed by atoms with Gasteiger partial charge in [0.1, 0.15) is 6.07 Å². The largest absolute Gasteiger partial charge is 0.490 e. The van der Waals surface area contributed by atoms with E-state index in [2.05, 4.69) is 11.1 Å². The van der Waals surface area contributed by atoms with Crippen LogP contribution < -0.4 is 9.47 Å². The van der Waals surface area contributed by atoms with Crippen LogP contribution >= 0.6 is 0 Å².